The minimum atomic E-state index is 0.682. The van der Waals surface area contributed by atoms with Gasteiger partial charge in [0.1, 0.15) is 6.07 Å². The Morgan fingerprint density at radius 2 is 1.83 bits per heavy atom. The van der Waals surface area contributed by atoms with E-state index in [4.69, 9.17) is 0 Å². The van der Waals surface area contributed by atoms with Gasteiger partial charge < -0.3 is 4.90 Å². The van der Waals surface area contributed by atoms with Crippen LogP contribution < -0.4 is 4.90 Å². The minimum Gasteiger partial charge on any atom is -0.367 e. The van der Waals surface area contributed by atoms with Gasteiger partial charge in [0.25, 0.3) is 0 Å². The highest BCUT2D eigenvalue weighted by molar-refractivity contribution is 5.60. The van der Waals surface area contributed by atoms with Crippen LogP contribution in [0.5, 0.6) is 0 Å². The molecule has 1 heterocycles. The molecule has 0 radical (unpaired) electrons. The van der Waals surface area contributed by atoms with E-state index in [0.29, 0.717) is 6.04 Å². The van der Waals surface area contributed by atoms with Crippen LogP contribution in [0.4, 0.5) is 5.69 Å². The third-order valence-electron chi connectivity index (χ3n) is 4.58. The normalized spacial score (nSPS) is 24.4. The fraction of sp³-hybridized carbons (Fsp3) is 0.562. The van der Waals surface area contributed by atoms with Crippen molar-refractivity contribution in [2.45, 2.75) is 44.6 Å². The summed E-state index contributed by atoms with van der Waals surface area (Å²) in [5.74, 6) is 0.860. The van der Waals surface area contributed by atoms with Gasteiger partial charge in [-0.1, -0.05) is 25.0 Å². The van der Waals surface area contributed by atoms with E-state index in [0.717, 1.165) is 23.7 Å². The van der Waals surface area contributed by atoms with Gasteiger partial charge >= 0.3 is 0 Å². The summed E-state index contributed by atoms with van der Waals surface area (Å²) in [6.45, 7) is 1.12. The fourth-order valence-corrected chi connectivity index (χ4v) is 3.74. The fourth-order valence-electron chi connectivity index (χ4n) is 3.74. The summed E-state index contributed by atoms with van der Waals surface area (Å²) in [7, 11) is 0. The SMILES string of the molecule is N#Cc1ccccc1N1CCCC1C1CCCC1. The molecule has 1 aromatic rings. The highest BCUT2D eigenvalue weighted by Gasteiger charge is 2.34. The van der Waals surface area contributed by atoms with Crippen LogP contribution in [0.2, 0.25) is 0 Å². The largest absolute Gasteiger partial charge is 0.367 e. The molecule has 1 aliphatic carbocycles. The smallest absolute Gasteiger partial charge is 0.101 e. The molecule has 94 valence electrons. The number of hydrogen-bond acceptors (Lipinski definition) is 2. The van der Waals surface area contributed by atoms with Crippen molar-refractivity contribution in [1.82, 2.24) is 0 Å². The Labute approximate surface area is 109 Å². The average Bonchev–Trinajstić information content (AvgIpc) is 3.09. The Bertz CT molecular complexity index is 454. The zero-order valence-corrected chi connectivity index (χ0v) is 10.8. The van der Waals surface area contributed by atoms with Crippen molar-refractivity contribution in [2.75, 3.05) is 11.4 Å². The predicted molar refractivity (Wildman–Crippen MR) is 73.5 cm³/mol. The second-order valence-corrected chi connectivity index (χ2v) is 5.58. The Morgan fingerprint density at radius 1 is 1.06 bits per heavy atom. The molecule has 18 heavy (non-hydrogen) atoms. The molecule has 1 atom stereocenters. The molecule has 0 amide bonds. The minimum absolute atomic E-state index is 0.682. The number of anilines is 1. The van der Waals surface area contributed by atoms with Gasteiger partial charge in [0.2, 0.25) is 0 Å². The number of nitrogens with zero attached hydrogens (tertiary/aromatic N) is 2. The van der Waals surface area contributed by atoms with Crippen molar-refractivity contribution in [3.63, 3.8) is 0 Å². The topological polar surface area (TPSA) is 27.0 Å². The molecule has 0 bridgehead atoms. The molecule has 2 fully saturated rings. The van der Waals surface area contributed by atoms with Gasteiger partial charge in [-0.3, -0.25) is 0 Å². The molecule has 2 aliphatic rings. The number of para-hydroxylation sites is 1. The summed E-state index contributed by atoms with van der Waals surface area (Å²) in [5, 5.41) is 9.25. The maximum atomic E-state index is 9.25. The summed E-state index contributed by atoms with van der Waals surface area (Å²) in [4.78, 5) is 2.51. The molecule has 0 aromatic heterocycles. The van der Waals surface area contributed by atoms with Gasteiger partial charge in [-0.05, 0) is 43.7 Å². The summed E-state index contributed by atoms with van der Waals surface area (Å²) in [6, 6.07) is 11.1. The van der Waals surface area contributed by atoms with Crippen LogP contribution in [0, 0.1) is 17.2 Å². The van der Waals surface area contributed by atoms with E-state index in [-0.39, 0.29) is 0 Å². The van der Waals surface area contributed by atoms with Crippen molar-refractivity contribution in [1.29, 1.82) is 5.26 Å². The molecule has 1 saturated heterocycles. The molecule has 1 aromatic carbocycles. The molecule has 3 rings (SSSR count). The molecule has 1 saturated carbocycles. The summed E-state index contributed by atoms with van der Waals surface area (Å²) in [5.41, 5.74) is 2.00. The van der Waals surface area contributed by atoms with Crippen molar-refractivity contribution in [3.05, 3.63) is 29.8 Å². The predicted octanol–water partition coefficient (Wildman–Crippen LogP) is 3.72. The van der Waals surface area contributed by atoms with E-state index in [2.05, 4.69) is 23.1 Å². The lowest BCUT2D eigenvalue weighted by Crippen LogP contribution is -2.35. The average molecular weight is 240 g/mol. The maximum absolute atomic E-state index is 9.25. The first-order valence-corrected chi connectivity index (χ1v) is 7.16. The lowest BCUT2D eigenvalue weighted by atomic mass is 9.95. The zero-order chi connectivity index (χ0) is 12.4. The van der Waals surface area contributed by atoms with E-state index in [1.54, 1.807) is 0 Å². The Hall–Kier alpha value is -1.49. The highest BCUT2D eigenvalue weighted by atomic mass is 15.2. The van der Waals surface area contributed by atoms with E-state index in [1.165, 1.54) is 38.5 Å². The van der Waals surface area contributed by atoms with Crippen LogP contribution in [0.15, 0.2) is 24.3 Å². The third-order valence-corrected chi connectivity index (χ3v) is 4.58. The molecule has 2 nitrogen and oxygen atoms in total. The number of hydrogen-bond donors (Lipinski definition) is 0. The molecule has 0 spiro atoms. The summed E-state index contributed by atoms with van der Waals surface area (Å²) >= 11 is 0. The van der Waals surface area contributed by atoms with Crippen LogP contribution in [0.1, 0.15) is 44.1 Å². The van der Waals surface area contributed by atoms with Crippen LogP contribution in [-0.2, 0) is 0 Å². The van der Waals surface area contributed by atoms with Crippen LogP contribution in [-0.4, -0.2) is 12.6 Å². The van der Waals surface area contributed by atoms with Gasteiger partial charge in [0.15, 0.2) is 0 Å². The Kier molecular flexibility index (Phi) is 3.23. The third kappa shape index (κ3) is 1.99. The Balaban J connectivity index is 1.88. The number of benzene rings is 1. The number of nitriles is 1. The molecule has 1 unspecified atom stereocenters. The van der Waals surface area contributed by atoms with Crippen molar-refractivity contribution >= 4 is 5.69 Å². The second kappa shape index (κ2) is 5.02. The first-order valence-electron chi connectivity index (χ1n) is 7.16. The quantitative estimate of drug-likeness (QED) is 0.787. The lowest BCUT2D eigenvalue weighted by Gasteiger charge is -2.31. The molecule has 0 N–H and O–H groups in total. The maximum Gasteiger partial charge on any atom is 0.101 e. The molecule has 1 aliphatic heterocycles. The van der Waals surface area contributed by atoms with E-state index < -0.39 is 0 Å². The monoisotopic (exact) mass is 240 g/mol. The first-order chi connectivity index (χ1) is 8.90. The van der Waals surface area contributed by atoms with Gasteiger partial charge in [0, 0.05) is 12.6 Å². The van der Waals surface area contributed by atoms with Gasteiger partial charge in [-0.15, -0.1) is 0 Å². The summed E-state index contributed by atoms with van der Waals surface area (Å²) in [6.07, 6.45) is 8.15. The second-order valence-electron chi connectivity index (χ2n) is 5.58. The van der Waals surface area contributed by atoms with Crippen LogP contribution in [0.3, 0.4) is 0 Å². The molecule has 2 heteroatoms. The van der Waals surface area contributed by atoms with E-state index >= 15 is 0 Å². The lowest BCUT2D eigenvalue weighted by molar-refractivity contribution is 0.430. The van der Waals surface area contributed by atoms with Gasteiger partial charge in [-0.25, -0.2) is 0 Å². The Morgan fingerprint density at radius 3 is 2.61 bits per heavy atom. The van der Waals surface area contributed by atoms with Crippen molar-refractivity contribution in [3.8, 4) is 6.07 Å². The zero-order valence-electron chi connectivity index (χ0n) is 10.8. The van der Waals surface area contributed by atoms with Crippen molar-refractivity contribution in [2.24, 2.45) is 5.92 Å². The molecular formula is C16H20N2. The highest BCUT2D eigenvalue weighted by Crippen LogP contribution is 2.38. The van der Waals surface area contributed by atoms with Crippen LogP contribution >= 0.6 is 0 Å². The van der Waals surface area contributed by atoms with E-state index in [1.807, 2.05) is 12.1 Å². The van der Waals surface area contributed by atoms with Gasteiger partial charge in [-0.2, -0.15) is 5.26 Å². The summed E-state index contributed by atoms with van der Waals surface area (Å²) < 4.78 is 0. The van der Waals surface area contributed by atoms with Crippen LogP contribution in [0.25, 0.3) is 0 Å². The standard InChI is InChI=1S/C16H20N2/c17-12-14-8-3-4-9-16(14)18-11-5-10-15(18)13-6-1-2-7-13/h3-4,8-9,13,15H,1-2,5-7,10-11H2. The first kappa shape index (κ1) is 11.6. The van der Waals surface area contributed by atoms with Crippen molar-refractivity contribution < 1.29 is 0 Å². The van der Waals surface area contributed by atoms with Gasteiger partial charge in [0.05, 0.1) is 11.3 Å². The number of rotatable bonds is 2. The molecular weight excluding hydrogens is 220 g/mol. The van der Waals surface area contributed by atoms with E-state index in [9.17, 15) is 5.26 Å².